The number of hydrogen-bond acceptors (Lipinski definition) is 6. The van der Waals surface area contributed by atoms with Crippen molar-refractivity contribution in [2.24, 2.45) is 0 Å². The van der Waals surface area contributed by atoms with Crippen molar-refractivity contribution in [3.05, 3.63) is 23.9 Å². The number of ether oxygens (including phenoxy) is 1. The molecule has 7 nitrogen and oxygen atoms in total. The van der Waals surface area contributed by atoms with Crippen LogP contribution in [0.5, 0.6) is 0 Å². The maximum Gasteiger partial charge on any atom is 0.529 e. The fourth-order valence-electron chi connectivity index (χ4n) is 1.38. The molecular formula is C12H20O7Si. The van der Waals surface area contributed by atoms with Gasteiger partial charge in [0.2, 0.25) is 0 Å². The van der Waals surface area contributed by atoms with Crippen LogP contribution < -0.4 is 0 Å². The minimum absolute atomic E-state index is 0.0943. The van der Waals surface area contributed by atoms with Crippen LogP contribution in [0.25, 0.3) is 0 Å². The Balaban J connectivity index is 4.68. The van der Waals surface area contributed by atoms with E-state index >= 15 is 0 Å². The molecule has 0 radical (unpaired) electrons. The van der Waals surface area contributed by atoms with Gasteiger partial charge in [-0.15, -0.1) is 0 Å². The molecule has 0 atom stereocenters. The van der Waals surface area contributed by atoms with Gasteiger partial charge in [0.1, 0.15) is 0 Å². The smallest absolute Gasteiger partial charge is 0.478 e. The summed E-state index contributed by atoms with van der Waals surface area (Å²) in [5.41, 5.74) is 1.46. The Morgan fingerprint density at radius 1 is 1.20 bits per heavy atom. The van der Waals surface area contributed by atoms with E-state index in [1.54, 1.807) is 0 Å². The molecule has 0 aliphatic heterocycles. The summed E-state index contributed by atoms with van der Waals surface area (Å²) in [5.74, 6) is -1.64. The van der Waals surface area contributed by atoms with Crippen LogP contribution in [-0.2, 0) is 27.6 Å². The van der Waals surface area contributed by atoms with Crippen LogP contribution in [0.3, 0.4) is 0 Å². The van der Waals surface area contributed by atoms with E-state index in [0.29, 0.717) is 6.42 Å². The zero-order valence-electron chi connectivity index (χ0n) is 11.9. The fraction of sp³-hybridized carbons (Fsp3) is 0.500. The van der Waals surface area contributed by atoms with Crippen molar-refractivity contribution in [1.82, 2.24) is 0 Å². The molecule has 8 heteroatoms. The monoisotopic (exact) mass is 304 g/mol. The van der Waals surface area contributed by atoms with E-state index in [9.17, 15) is 9.59 Å². The third kappa shape index (κ3) is 6.11. The lowest BCUT2D eigenvalue weighted by molar-refractivity contribution is -0.137. The van der Waals surface area contributed by atoms with E-state index in [1.165, 1.54) is 27.0 Å². The van der Waals surface area contributed by atoms with Gasteiger partial charge in [0.15, 0.2) is 0 Å². The van der Waals surface area contributed by atoms with Gasteiger partial charge in [-0.25, -0.2) is 9.59 Å². The highest BCUT2D eigenvalue weighted by molar-refractivity contribution is 6.66. The predicted octanol–water partition coefficient (Wildman–Crippen LogP) is 0.924. The van der Waals surface area contributed by atoms with Crippen LogP contribution in [0.2, 0.25) is 0 Å². The first-order chi connectivity index (χ1) is 9.44. The van der Waals surface area contributed by atoms with Crippen molar-refractivity contribution in [3.63, 3.8) is 0 Å². The fourth-order valence-corrected chi connectivity index (χ4v) is 2.92. The summed E-state index contributed by atoms with van der Waals surface area (Å²) >= 11 is 0. The molecule has 0 saturated heterocycles. The van der Waals surface area contributed by atoms with Crippen molar-refractivity contribution >= 4 is 20.7 Å². The van der Waals surface area contributed by atoms with Gasteiger partial charge in [0.05, 0.1) is 6.61 Å². The summed E-state index contributed by atoms with van der Waals surface area (Å²) in [6.45, 7) is 3.37. The summed E-state index contributed by atoms with van der Waals surface area (Å²) in [6.07, 6.45) is 1.61. The highest BCUT2D eigenvalue weighted by Gasteiger charge is 2.36. The SMILES string of the molecule is C=CC(=O)OCCCC(=C[Si](OC)(OC)OC)C(=O)O. The first-order valence-electron chi connectivity index (χ1n) is 5.84. The normalized spacial score (nSPS) is 12.1. The van der Waals surface area contributed by atoms with Crippen LogP contribution in [0.1, 0.15) is 12.8 Å². The number of carbonyl (C=O) groups is 2. The van der Waals surface area contributed by atoms with E-state index in [1.807, 2.05) is 0 Å². The van der Waals surface area contributed by atoms with Crippen LogP contribution in [-0.4, -0.2) is 53.8 Å². The number of aliphatic carboxylic acids is 1. The number of esters is 1. The number of rotatable bonds is 10. The summed E-state index contributed by atoms with van der Waals surface area (Å²) < 4.78 is 20.2. The Morgan fingerprint density at radius 3 is 2.15 bits per heavy atom. The molecule has 0 fully saturated rings. The molecule has 1 N–H and O–H groups in total. The van der Waals surface area contributed by atoms with Gasteiger partial charge in [0.25, 0.3) is 0 Å². The van der Waals surface area contributed by atoms with E-state index in [0.717, 1.165) is 6.08 Å². The lowest BCUT2D eigenvalue weighted by Crippen LogP contribution is -2.41. The minimum Gasteiger partial charge on any atom is -0.478 e. The molecule has 0 unspecified atom stereocenters. The molecule has 0 aliphatic rings. The lowest BCUT2D eigenvalue weighted by Gasteiger charge is -2.21. The Morgan fingerprint density at radius 2 is 1.75 bits per heavy atom. The van der Waals surface area contributed by atoms with Crippen molar-refractivity contribution in [1.29, 1.82) is 0 Å². The van der Waals surface area contributed by atoms with E-state index in [-0.39, 0.29) is 18.6 Å². The summed E-state index contributed by atoms with van der Waals surface area (Å²) in [4.78, 5) is 22.0. The average Bonchev–Trinajstić information content (AvgIpc) is 2.46. The van der Waals surface area contributed by atoms with E-state index < -0.39 is 20.7 Å². The molecule has 0 bridgehead atoms. The molecule has 0 aliphatic carbocycles. The lowest BCUT2D eigenvalue weighted by atomic mass is 10.2. The first kappa shape index (κ1) is 18.5. The molecule has 0 aromatic rings. The predicted molar refractivity (Wildman–Crippen MR) is 72.9 cm³/mol. The molecule has 0 aromatic heterocycles. The largest absolute Gasteiger partial charge is 0.529 e. The summed E-state index contributed by atoms with van der Waals surface area (Å²) in [7, 11) is 1.07. The second kappa shape index (κ2) is 9.43. The Kier molecular flexibility index (Phi) is 8.73. The molecule has 114 valence electrons. The van der Waals surface area contributed by atoms with Gasteiger partial charge in [-0.3, -0.25) is 0 Å². The quantitative estimate of drug-likeness (QED) is 0.278. The van der Waals surface area contributed by atoms with Crippen LogP contribution in [0.15, 0.2) is 23.9 Å². The second-order valence-electron chi connectivity index (χ2n) is 3.67. The maximum absolute atomic E-state index is 11.2. The third-order valence-electron chi connectivity index (χ3n) is 2.48. The van der Waals surface area contributed by atoms with E-state index in [4.69, 9.17) is 23.1 Å². The van der Waals surface area contributed by atoms with Gasteiger partial charge in [-0.2, -0.15) is 0 Å². The van der Waals surface area contributed by atoms with Crippen LogP contribution >= 0.6 is 0 Å². The highest BCUT2D eigenvalue weighted by Crippen LogP contribution is 2.15. The number of hydrogen-bond donors (Lipinski definition) is 1. The van der Waals surface area contributed by atoms with Crippen molar-refractivity contribution in [2.45, 2.75) is 12.8 Å². The van der Waals surface area contributed by atoms with Crippen molar-refractivity contribution < 1.29 is 32.7 Å². The molecule has 0 heterocycles. The van der Waals surface area contributed by atoms with Gasteiger partial charge in [0, 0.05) is 33.0 Å². The number of carbonyl (C=O) groups excluding carboxylic acids is 1. The van der Waals surface area contributed by atoms with Crippen LogP contribution in [0.4, 0.5) is 0 Å². The first-order valence-corrected chi connectivity index (χ1v) is 7.64. The number of carboxylic acids is 1. The van der Waals surface area contributed by atoms with Gasteiger partial charge in [-0.1, -0.05) is 6.58 Å². The molecule has 0 rings (SSSR count). The highest BCUT2D eigenvalue weighted by atomic mass is 28.4. The Labute approximate surface area is 119 Å². The third-order valence-corrected chi connectivity index (χ3v) is 4.89. The van der Waals surface area contributed by atoms with Crippen molar-refractivity contribution in [2.75, 3.05) is 27.9 Å². The standard InChI is InChI=1S/C12H20O7Si/c1-5-11(13)19-8-6-7-10(12(14)15)9-20(16-2,17-3)18-4/h5,9H,1,6-8H2,2-4H3,(H,14,15). The van der Waals surface area contributed by atoms with E-state index in [2.05, 4.69) is 6.58 Å². The average molecular weight is 304 g/mol. The zero-order chi connectivity index (χ0) is 15.6. The molecule has 0 aromatic carbocycles. The Bertz CT molecular complexity index is 366. The number of carboxylic acid groups (broad SMARTS) is 1. The molecule has 20 heavy (non-hydrogen) atoms. The molecule has 0 saturated carbocycles. The molecule has 0 spiro atoms. The van der Waals surface area contributed by atoms with Gasteiger partial charge >= 0.3 is 20.7 Å². The maximum atomic E-state index is 11.2. The zero-order valence-corrected chi connectivity index (χ0v) is 12.9. The Hall–Kier alpha value is -1.48. The minimum atomic E-state index is -3.10. The van der Waals surface area contributed by atoms with Gasteiger partial charge in [-0.05, 0) is 18.5 Å². The molecular weight excluding hydrogens is 284 g/mol. The second-order valence-corrected chi connectivity index (χ2v) is 6.39. The van der Waals surface area contributed by atoms with Crippen molar-refractivity contribution in [3.8, 4) is 0 Å². The summed E-state index contributed by atoms with van der Waals surface area (Å²) in [5, 5.41) is 9.14. The summed E-state index contributed by atoms with van der Waals surface area (Å²) in [6, 6.07) is 0. The van der Waals surface area contributed by atoms with Gasteiger partial charge < -0.3 is 23.1 Å². The topological polar surface area (TPSA) is 91.3 Å². The molecule has 0 amide bonds. The van der Waals surface area contributed by atoms with Crippen LogP contribution in [0, 0.1) is 0 Å².